The summed E-state index contributed by atoms with van der Waals surface area (Å²) in [4.78, 5) is 12.8. The van der Waals surface area contributed by atoms with Gasteiger partial charge in [-0.1, -0.05) is 22.9 Å². The first kappa shape index (κ1) is 14.4. The molecule has 104 valence electrons. The van der Waals surface area contributed by atoms with E-state index in [-0.39, 0.29) is 0 Å². The smallest absolute Gasteiger partial charge is 0.223 e. The van der Waals surface area contributed by atoms with Gasteiger partial charge in [0.05, 0.1) is 0 Å². The standard InChI is InChI=1S/C15H26BrNO/c1-11-2-6-13(7-3-11)15(18)17-10-12-4-8-14(16)9-5-12/h11-14H,2-10H2,1H3,(H,17,18). The average Bonchev–Trinajstić information content (AvgIpc) is 2.38. The van der Waals surface area contributed by atoms with Gasteiger partial charge in [0.25, 0.3) is 0 Å². The van der Waals surface area contributed by atoms with Gasteiger partial charge in [0, 0.05) is 17.3 Å². The predicted octanol–water partition coefficient (Wildman–Crippen LogP) is 3.88. The fourth-order valence-electron chi connectivity index (χ4n) is 3.24. The Kier molecular flexibility index (Phi) is 5.53. The van der Waals surface area contributed by atoms with Gasteiger partial charge in [-0.2, -0.15) is 0 Å². The maximum atomic E-state index is 12.1. The number of carbonyl (C=O) groups is 1. The Labute approximate surface area is 119 Å². The second kappa shape index (κ2) is 6.93. The average molecular weight is 316 g/mol. The normalized spacial score (nSPS) is 37.2. The van der Waals surface area contributed by atoms with Crippen LogP contribution < -0.4 is 5.32 Å². The van der Waals surface area contributed by atoms with Crippen molar-refractivity contribution in [2.45, 2.75) is 63.1 Å². The largest absolute Gasteiger partial charge is 0.356 e. The van der Waals surface area contributed by atoms with E-state index in [1.54, 1.807) is 0 Å². The van der Waals surface area contributed by atoms with Crippen LogP contribution in [0.25, 0.3) is 0 Å². The SMILES string of the molecule is CC1CCC(C(=O)NCC2CCC(Br)CC2)CC1. The van der Waals surface area contributed by atoms with Gasteiger partial charge < -0.3 is 5.32 Å². The zero-order valence-corrected chi connectivity index (χ0v) is 13.0. The van der Waals surface area contributed by atoms with Gasteiger partial charge in [-0.3, -0.25) is 4.79 Å². The van der Waals surface area contributed by atoms with Gasteiger partial charge in [0.1, 0.15) is 0 Å². The van der Waals surface area contributed by atoms with Crippen molar-refractivity contribution in [1.82, 2.24) is 5.32 Å². The molecular weight excluding hydrogens is 290 g/mol. The van der Waals surface area contributed by atoms with Gasteiger partial charge in [-0.25, -0.2) is 0 Å². The van der Waals surface area contributed by atoms with Crippen LogP contribution in [0.2, 0.25) is 0 Å². The molecule has 2 aliphatic carbocycles. The summed E-state index contributed by atoms with van der Waals surface area (Å²) in [6.07, 6.45) is 9.71. The summed E-state index contributed by atoms with van der Waals surface area (Å²) in [5.74, 6) is 2.16. The zero-order valence-electron chi connectivity index (χ0n) is 11.5. The number of amides is 1. The van der Waals surface area contributed by atoms with Gasteiger partial charge in [-0.15, -0.1) is 0 Å². The maximum Gasteiger partial charge on any atom is 0.223 e. The molecule has 0 aromatic heterocycles. The first-order chi connectivity index (χ1) is 8.65. The minimum atomic E-state index is 0.300. The molecule has 0 aromatic carbocycles. The lowest BCUT2D eigenvalue weighted by Crippen LogP contribution is -2.36. The van der Waals surface area contributed by atoms with Crippen molar-refractivity contribution in [2.24, 2.45) is 17.8 Å². The molecule has 3 heteroatoms. The van der Waals surface area contributed by atoms with Crippen LogP contribution in [0.15, 0.2) is 0 Å². The number of nitrogens with one attached hydrogen (secondary N) is 1. The lowest BCUT2D eigenvalue weighted by molar-refractivity contribution is -0.126. The summed E-state index contributed by atoms with van der Waals surface area (Å²) < 4.78 is 0. The van der Waals surface area contributed by atoms with Crippen LogP contribution in [-0.2, 0) is 4.79 Å². The van der Waals surface area contributed by atoms with Crippen molar-refractivity contribution >= 4 is 21.8 Å². The quantitative estimate of drug-likeness (QED) is 0.787. The van der Waals surface area contributed by atoms with Crippen molar-refractivity contribution in [1.29, 1.82) is 0 Å². The fourth-order valence-corrected chi connectivity index (χ4v) is 3.77. The van der Waals surface area contributed by atoms with Crippen LogP contribution in [-0.4, -0.2) is 17.3 Å². The van der Waals surface area contributed by atoms with Crippen molar-refractivity contribution in [2.75, 3.05) is 6.54 Å². The molecule has 0 bridgehead atoms. The van der Waals surface area contributed by atoms with Gasteiger partial charge in [-0.05, 0) is 63.2 Å². The summed E-state index contributed by atoms with van der Waals surface area (Å²) in [5.41, 5.74) is 0. The second-order valence-electron chi connectivity index (χ2n) is 6.32. The molecule has 18 heavy (non-hydrogen) atoms. The predicted molar refractivity (Wildman–Crippen MR) is 78.8 cm³/mol. The minimum absolute atomic E-state index is 0.300. The monoisotopic (exact) mass is 315 g/mol. The summed E-state index contributed by atoms with van der Waals surface area (Å²) in [5, 5.41) is 3.20. The van der Waals surface area contributed by atoms with Gasteiger partial charge in [0.15, 0.2) is 0 Å². The Bertz CT molecular complexity index is 266. The Morgan fingerprint density at radius 3 is 2.28 bits per heavy atom. The van der Waals surface area contributed by atoms with E-state index in [9.17, 15) is 4.79 Å². The molecule has 1 amide bonds. The molecular formula is C15H26BrNO. The lowest BCUT2D eigenvalue weighted by atomic mass is 9.82. The van der Waals surface area contributed by atoms with Crippen LogP contribution in [0.3, 0.4) is 0 Å². The van der Waals surface area contributed by atoms with E-state index >= 15 is 0 Å². The first-order valence-electron chi connectivity index (χ1n) is 7.57. The molecule has 0 aliphatic heterocycles. The highest BCUT2D eigenvalue weighted by Crippen LogP contribution is 2.30. The highest BCUT2D eigenvalue weighted by atomic mass is 79.9. The highest BCUT2D eigenvalue weighted by molar-refractivity contribution is 9.09. The van der Waals surface area contributed by atoms with E-state index in [1.165, 1.54) is 38.5 Å². The summed E-state index contributed by atoms with van der Waals surface area (Å²) in [7, 11) is 0. The molecule has 0 spiro atoms. The fraction of sp³-hybridized carbons (Fsp3) is 0.933. The summed E-state index contributed by atoms with van der Waals surface area (Å²) in [6.45, 7) is 3.21. The molecule has 2 saturated carbocycles. The Balaban J connectivity index is 1.65. The molecule has 0 radical (unpaired) electrons. The molecule has 2 rings (SSSR count). The van der Waals surface area contributed by atoms with E-state index in [0.29, 0.717) is 22.6 Å². The van der Waals surface area contributed by atoms with E-state index in [4.69, 9.17) is 0 Å². The van der Waals surface area contributed by atoms with E-state index < -0.39 is 0 Å². The van der Waals surface area contributed by atoms with Crippen molar-refractivity contribution in [3.8, 4) is 0 Å². The number of rotatable bonds is 3. The molecule has 2 fully saturated rings. The highest BCUT2D eigenvalue weighted by Gasteiger charge is 2.25. The van der Waals surface area contributed by atoms with Crippen LogP contribution >= 0.6 is 15.9 Å². The minimum Gasteiger partial charge on any atom is -0.356 e. The molecule has 0 saturated heterocycles. The molecule has 2 nitrogen and oxygen atoms in total. The van der Waals surface area contributed by atoms with E-state index in [2.05, 4.69) is 28.2 Å². The number of hydrogen-bond acceptors (Lipinski definition) is 1. The van der Waals surface area contributed by atoms with Crippen LogP contribution in [0.1, 0.15) is 58.3 Å². The lowest BCUT2D eigenvalue weighted by Gasteiger charge is -2.28. The summed E-state index contributed by atoms with van der Waals surface area (Å²) >= 11 is 3.68. The summed E-state index contributed by atoms with van der Waals surface area (Å²) in [6, 6.07) is 0. The van der Waals surface area contributed by atoms with Crippen LogP contribution in [0.5, 0.6) is 0 Å². The number of halogens is 1. The van der Waals surface area contributed by atoms with Crippen molar-refractivity contribution < 1.29 is 4.79 Å². The molecule has 0 heterocycles. The first-order valence-corrected chi connectivity index (χ1v) is 8.48. The topological polar surface area (TPSA) is 29.1 Å². The molecule has 1 N–H and O–H groups in total. The Morgan fingerprint density at radius 2 is 1.67 bits per heavy atom. The number of alkyl halides is 1. The maximum absolute atomic E-state index is 12.1. The van der Waals surface area contributed by atoms with Crippen LogP contribution in [0, 0.1) is 17.8 Å². The third kappa shape index (κ3) is 4.25. The third-order valence-electron chi connectivity index (χ3n) is 4.73. The van der Waals surface area contributed by atoms with Crippen molar-refractivity contribution in [3.63, 3.8) is 0 Å². The van der Waals surface area contributed by atoms with E-state index in [0.717, 1.165) is 25.3 Å². The number of carbonyl (C=O) groups excluding carboxylic acids is 1. The van der Waals surface area contributed by atoms with Crippen molar-refractivity contribution in [3.05, 3.63) is 0 Å². The second-order valence-corrected chi connectivity index (χ2v) is 7.61. The molecule has 0 atom stereocenters. The van der Waals surface area contributed by atoms with Crippen LogP contribution in [0.4, 0.5) is 0 Å². The Morgan fingerprint density at radius 1 is 1.06 bits per heavy atom. The number of hydrogen-bond donors (Lipinski definition) is 1. The third-order valence-corrected chi connectivity index (χ3v) is 5.64. The zero-order chi connectivity index (χ0) is 13.0. The van der Waals surface area contributed by atoms with E-state index in [1.807, 2.05) is 0 Å². The Hall–Kier alpha value is -0.0500. The molecule has 2 aliphatic rings. The molecule has 0 unspecified atom stereocenters. The van der Waals surface area contributed by atoms with Gasteiger partial charge in [0.2, 0.25) is 5.91 Å². The van der Waals surface area contributed by atoms with Gasteiger partial charge >= 0.3 is 0 Å². The molecule has 0 aromatic rings.